The second kappa shape index (κ2) is 7.50. The SMILES string of the molecule is CC(F)(F)C(C)(C)CCOC(=O)CN1C(=O)CCCc2ccccc21. The summed E-state index contributed by atoms with van der Waals surface area (Å²) in [5.74, 6) is -3.57. The molecule has 0 unspecified atom stereocenters. The Balaban J connectivity index is 1.97. The van der Waals surface area contributed by atoms with Gasteiger partial charge in [0.25, 0.3) is 5.92 Å². The van der Waals surface area contributed by atoms with E-state index < -0.39 is 17.3 Å². The van der Waals surface area contributed by atoms with Gasteiger partial charge in [-0.3, -0.25) is 9.59 Å². The van der Waals surface area contributed by atoms with Crippen molar-refractivity contribution in [2.24, 2.45) is 5.41 Å². The molecular weight excluding hydrogens is 328 g/mol. The van der Waals surface area contributed by atoms with E-state index in [9.17, 15) is 18.4 Å². The van der Waals surface area contributed by atoms with Crippen molar-refractivity contribution in [2.45, 2.75) is 52.4 Å². The highest BCUT2D eigenvalue weighted by atomic mass is 19.3. The number of esters is 1. The second-order valence-corrected chi connectivity index (χ2v) is 7.20. The fourth-order valence-corrected chi connectivity index (χ4v) is 2.67. The Bertz CT molecular complexity index is 638. The number of para-hydroxylation sites is 1. The topological polar surface area (TPSA) is 46.6 Å². The number of hydrogen-bond acceptors (Lipinski definition) is 3. The van der Waals surface area contributed by atoms with Crippen molar-refractivity contribution in [2.75, 3.05) is 18.1 Å². The molecular formula is C19H25F2NO3. The summed E-state index contributed by atoms with van der Waals surface area (Å²) in [5.41, 5.74) is 0.480. The molecule has 0 saturated carbocycles. The van der Waals surface area contributed by atoms with Crippen LogP contribution in [0.25, 0.3) is 0 Å². The molecule has 0 bridgehead atoms. The van der Waals surface area contributed by atoms with Crippen molar-refractivity contribution in [1.82, 2.24) is 0 Å². The minimum atomic E-state index is -2.86. The van der Waals surface area contributed by atoms with E-state index in [-0.39, 0.29) is 25.5 Å². The van der Waals surface area contributed by atoms with Crippen molar-refractivity contribution in [1.29, 1.82) is 0 Å². The van der Waals surface area contributed by atoms with Gasteiger partial charge >= 0.3 is 5.97 Å². The first-order valence-corrected chi connectivity index (χ1v) is 8.53. The summed E-state index contributed by atoms with van der Waals surface area (Å²) >= 11 is 0. The molecule has 0 fully saturated rings. The normalized spacial score (nSPS) is 15.6. The number of carbonyl (C=O) groups is 2. The molecule has 0 aromatic heterocycles. The molecule has 6 heteroatoms. The molecule has 0 spiro atoms. The first kappa shape index (κ1) is 19.3. The zero-order chi connectivity index (χ0) is 18.7. The fraction of sp³-hybridized carbons (Fsp3) is 0.579. The van der Waals surface area contributed by atoms with Gasteiger partial charge in [0, 0.05) is 17.5 Å². The lowest BCUT2D eigenvalue weighted by Gasteiger charge is -2.31. The lowest BCUT2D eigenvalue weighted by molar-refractivity contribution is -0.146. The number of nitrogens with zero attached hydrogens (tertiary/aromatic N) is 1. The van der Waals surface area contributed by atoms with E-state index in [1.54, 1.807) is 0 Å². The summed E-state index contributed by atoms with van der Waals surface area (Å²) in [6.45, 7) is 3.45. The third-order valence-electron chi connectivity index (χ3n) is 4.89. The first-order valence-electron chi connectivity index (χ1n) is 8.53. The van der Waals surface area contributed by atoms with E-state index in [0.29, 0.717) is 6.42 Å². The third-order valence-corrected chi connectivity index (χ3v) is 4.89. The van der Waals surface area contributed by atoms with Gasteiger partial charge < -0.3 is 9.64 Å². The van der Waals surface area contributed by atoms with E-state index in [1.807, 2.05) is 24.3 Å². The second-order valence-electron chi connectivity index (χ2n) is 7.20. The molecule has 1 aromatic rings. The molecule has 0 aliphatic carbocycles. The Morgan fingerprint density at radius 2 is 1.88 bits per heavy atom. The summed E-state index contributed by atoms with van der Waals surface area (Å²) in [4.78, 5) is 25.8. The van der Waals surface area contributed by atoms with Crippen LogP contribution in [0.1, 0.15) is 45.6 Å². The molecule has 1 heterocycles. The number of halogens is 2. The fourth-order valence-electron chi connectivity index (χ4n) is 2.67. The van der Waals surface area contributed by atoms with Crippen LogP contribution in [-0.4, -0.2) is 31.0 Å². The van der Waals surface area contributed by atoms with Crippen LogP contribution in [0.2, 0.25) is 0 Å². The summed E-state index contributed by atoms with van der Waals surface area (Å²) in [6.07, 6.45) is 1.94. The van der Waals surface area contributed by atoms with Gasteiger partial charge in [-0.05, 0) is 37.8 Å². The zero-order valence-electron chi connectivity index (χ0n) is 15.0. The molecule has 4 nitrogen and oxygen atoms in total. The molecule has 0 N–H and O–H groups in total. The molecule has 1 aliphatic rings. The molecule has 138 valence electrons. The predicted octanol–water partition coefficient (Wildman–Crippen LogP) is 3.97. The maximum atomic E-state index is 13.5. The highest BCUT2D eigenvalue weighted by molar-refractivity contribution is 5.98. The largest absolute Gasteiger partial charge is 0.464 e. The number of alkyl halides is 2. The Hall–Kier alpha value is -1.98. The smallest absolute Gasteiger partial charge is 0.326 e. The van der Waals surface area contributed by atoms with E-state index in [2.05, 4.69) is 0 Å². The van der Waals surface area contributed by atoms with Crippen LogP contribution in [0.15, 0.2) is 24.3 Å². The van der Waals surface area contributed by atoms with E-state index >= 15 is 0 Å². The molecule has 1 aliphatic heterocycles. The minimum absolute atomic E-state index is 0.0484. The number of rotatable bonds is 6. The standard InChI is InChI=1S/C19H25F2NO3/c1-18(2,19(3,20)21)11-12-25-17(24)13-22-15-9-5-4-7-14(15)8-6-10-16(22)23/h4-5,7,9H,6,8,10-13H2,1-3H3. The quantitative estimate of drug-likeness (QED) is 0.727. The average Bonchev–Trinajstić information content (AvgIpc) is 2.66. The molecule has 25 heavy (non-hydrogen) atoms. The molecule has 1 amide bonds. The Labute approximate surface area is 147 Å². The Morgan fingerprint density at radius 1 is 1.20 bits per heavy atom. The summed E-state index contributed by atoms with van der Waals surface area (Å²) < 4.78 is 32.0. The first-order chi connectivity index (χ1) is 11.6. The predicted molar refractivity (Wildman–Crippen MR) is 91.7 cm³/mol. The van der Waals surface area contributed by atoms with E-state index in [1.165, 1.54) is 18.7 Å². The number of aryl methyl sites for hydroxylation is 1. The highest BCUT2D eigenvalue weighted by Gasteiger charge is 2.41. The van der Waals surface area contributed by atoms with Crippen molar-refractivity contribution >= 4 is 17.6 Å². The Morgan fingerprint density at radius 3 is 2.56 bits per heavy atom. The molecule has 1 aromatic carbocycles. The van der Waals surface area contributed by atoms with Crippen molar-refractivity contribution in [3.8, 4) is 0 Å². The molecule has 0 radical (unpaired) electrons. The molecule has 0 saturated heterocycles. The van der Waals surface area contributed by atoms with Crippen molar-refractivity contribution in [3.05, 3.63) is 29.8 Å². The van der Waals surface area contributed by atoms with Crippen molar-refractivity contribution in [3.63, 3.8) is 0 Å². The minimum Gasteiger partial charge on any atom is -0.464 e. The number of hydrogen-bond donors (Lipinski definition) is 0. The molecule has 0 atom stereocenters. The lowest BCUT2D eigenvalue weighted by atomic mass is 9.83. The van der Waals surface area contributed by atoms with Gasteiger partial charge in [-0.2, -0.15) is 0 Å². The number of ether oxygens (including phenoxy) is 1. The lowest BCUT2D eigenvalue weighted by Crippen LogP contribution is -2.37. The summed E-state index contributed by atoms with van der Waals surface area (Å²) in [5, 5.41) is 0. The summed E-state index contributed by atoms with van der Waals surface area (Å²) in [7, 11) is 0. The number of anilines is 1. The number of benzene rings is 1. The van der Waals surface area contributed by atoms with Gasteiger partial charge in [0.15, 0.2) is 0 Å². The maximum Gasteiger partial charge on any atom is 0.326 e. The van der Waals surface area contributed by atoms with Gasteiger partial charge in [-0.25, -0.2) is 8.78 Å². The Kier molecular flexibility index (Phi) is 5.80. The van der Waals surface area contributed by atoms with Crippen molar-refractivity contribution < 1.29 is 23.1 Å². The van der Waals surface area contributed by atoms with Crippen LogP contribution >= 0.6 is 0 Å². The number of carbonyl (C=O) groups excluding carboxylic acids is 2. The maximum absolute atomic E-state index is 13.5. The van der Waals surface area contributed by atoms with Gasteiger partial charge in [-0.15, -0.1) is 0 Å². The van der Waals surface area contributed by atoms with Crippen LogP contribution in [0.3, 0.4) is 0 Å². The van der Waals surface area contributed by atoms with Gasteiger partial charge in [0.2, 0.25) is 5.91 Å². The average molecular weight is 353 g/mol. The van der Waals surface area contributed by atoms with Crippen LogP contribution < -0.4 is 4.90 Å². The zero-order valence-corrected chi connectivity index (χ0v) is 15.0. The van der Waals surface area contributed by atoms with E-state index in [0.717, 1.165) is 31.0 Å². The van der Waals surface area contributed by atoms with Gasteiger partial charge in [-0.1, -0.05) is 32.0 Å². The van der Waals surface area contributed by atoms with Crippen LogP contribution in [0.4, 0.5) is 14.5 Å². The van der Waals surface area contributed by atoms with Gasteiger partial charge in [0.05, 0.1) is 6.61 Å². The van der Waals surface area contributed by atoms with Gasteiger partial charge in [0.1, 0.15) is 6.54 Å². The number of fused-ring (bicyclic) bond motifs is 1. The van der Waals surface area contributed by atoms with Crippen LogP contribution in [0, 0.1) is 5.41 Å². The van der Waals surface area contributed by atoms with Crippen LogP contribution in [-0.2, 0) is 20.7 Å². The van der Waals surface area contributed by atoms with E-state index in [4.69, 9.17) is 4.74 Å². The third kappa shape index (κ3) is 4.77. The molecule has 2 rings (SSSR count). The van der Waals surface area contributed by atoms with Crippen LogP contribution in [0.5, 0.6) is 0 Å². The monoisotopic (exact) mass is 353 g/mol. The summed E-state index contributed by atoms with van der Waals surface area (Å²) in [6, 6.07) is 7.48. The highest BCUT2D eigenvalue weighted by Crippen LogP contribution is 2.38. The number of amides is 1.